The maximum atomic E-state index is 11.8. The maximum Gasteiger partial charge on any atom is 0.335 e. The summed E-state index contributed by atoms with van der Waals surface area (Å²) in [7, 11) is 0. The van der Waals surface area contributed by atoms with Gasteiger partial charge in [0, 0.05) is 12.5 Å². The van der Waals surface area contributed by atoms with Gasteiger partial charge >= 0.3 is 5.97 Å². The molecule has 96 valence electrons. The van der Waals surface area contributed by atoms with Gasteiger partial charge in [-0.15, -0.1) is 0 Å². The van der Waals surface area contributed by atoms with E-state index in [1.165, 1.54) is 0 Å². The second kappa shape index (κ2) is 5.67. The first-order valence-electron chi connectivity index (χ1n) is 6.27. The van der Waals surface area contributed by atoms with E-state index in [-0.39, 0.29) is 17.4 Å². The summed E-state index contributed by atoms with van der Waals surface area (Å²) in [6.45, 7) is 0.467. The van der Waals surface area contributed by atoms with Gasteiger partial charge in [0.1, 0.15) is 0 Å². The number of carboxylic acids is 1. The number of nitrogens with one attached hydrogen (secondary N) is 1. The molecule has 4 heteroatoms. The normalized spacial score (nSPS) is 15.6. The van der Waals surface area contributed by atoms with Crippen molar-refractivity contribution in [1.29, 1.82) is 0 Å². The second-order valence-electron chi connectivity index (χ2n) is 4.70. The van der Waals surface area contributed by atoms with Crippen molar-refractivity contribution in [2.45, 2.75) is 32.2 Å². The topological polar surface area (TPSA) is 66.4 Å². The van der Waals surface area contributed by atoms with Crippen molar-refractivity contribution in [3.05, 3.63) is 35.4 Å². The molecule has 18 heavy (non-hydrogen) atoms. The van der Waals surface area contributed by atoms with Crippen LogP contribution in [0.2, 0.25) is 0 Å². The number of carbonyl (C=O) groups excluding carboxylic acids is 1. The Labute approximate surface area is 106 Å². The van der Waals surface area contributed by atoms with E-state index in [2.05, 4.69) is 5.32 Å². The number of rotatable bonds is 4. The summed E-state index contributed by atoms with van der Waals surface area (Å²) >= 11 is 0. The molecule has 0 bridgehead atoms. The molecule has 0 radical (unpaired) electrons. The second-order valence-corrected chi connectivity index (χ2v) is 4.70. The van der Waals surface area contributed by atoms with E-state index in [0.717, 1.165) is 31.2 Å². The van der Waals surface area contributed by atoms with E-state index in [0.29, 0.717) is 6.54 Å². The van der Waals surface area contributed by atoms with Crippen molar-refractivity contribution in [2.75, 3.05) is 0 Å². The fourth-order valence-electron chi connectivity index (χ4n) is 2.29. The largest absolute Gasteiger partial charge is 0.478 e. The highest BCUT2D eigenvalue weighted by molar-refractivity contribution is 5.87. The van der Waals surface area contributed by atoms with Gasteiger partial charge in [-0.2, -0.15) is 0 Å². The average molecular weight is 247 g/mol. The average Bonchev–Trinajstić information content (AvgIpc) is 2.90. The Kier molecular flexibility index (Phi) is 3.97. The van der Waals surface area contributed by atoms with E-state index >= 15 is 0 Å². The number of carbonyl (C=O) groups is 2. The summed E-state index contributed by atoms with van der Waals surface area (Å²) in [6, 6.07) is 6.58. The fourth-order valence-corrected chi connectivity index (χ4v) is 2.29. The van der Waals surface area contributed by atoms with Crippen LogP contribution in [0.5, 0.6) is 0 Å². The van der Waals surface area contributed by atoms with Gasteiger partial charge in [0.05, 0.1) is 5.56 Å². The molecule has 0 aromatic heterocycles. The Balaban J connectivity index is 1.86. The molecular formula is C14H17NO3. The van der Waals surface area contributed by atoms with E-state index in [1.54, 1.807) is 24.3 Å². The minimum absolute atomic E-state index is 0.120. The van der Waals surface area contributed by atoms with E-state index in [9.17, 15) is 9.59 Å². The number of aromatic carboxylic acids is 1. The van der Waals surface area contributed by atoms with Crippen LogP contribution >= 0.6 is 0 Å². The van der Waals surface area contributed by atoms with Crippen molar-refractivity contribution in [3.8, 4) is 0 Å². The van der Waals surface area contributed by atoms with Gasteiger partial charge in [0.2, 0.25) is 5.91 Å². The molecule has 1 aromatic rings. The first-order valence-corrected chi connectivity index (χ1v) is 6.27. The fraction of sp³-hybridized carbons (Fsp3) is 0.429. The van der Waals surface area contributed by atoms with Gasteiger partial charge in [-0.1, -0.05) is 25.0 Å². The number of benzene rings is 1. The van der Waals surface area contributed by atoms with Crippen LogP contribution in [0.1, 0.15) is 41.6 Å². The monoisotopic (exact) mass is 247 g/mol. The quantitative estimate of drug-likeness (QED) is 0.857. The highest BCUT2D eigenvalue weighted by Gasteiger charge is 2.21. The van der Waals surface area contributed by atoms with Gasteiger partial charge in [-0.05, 0) is 30.5 Å². The Bertz CT molecular complexity index is 433. The molecular weight excluding hydrogens is 230 g/mol. The molecule has 1 fully saturated rings. The molecule has 0 aliphatic heterocycles. The molecule has 1 aliphatic carbocycles. The van der Waals surface area contributed by atoms with Crippen molar-refractivity contribution < 1.29 is 14.7 Å². The van der Waals surface area contributed by atoms with Crippen molar-refractivity contribution in [3.63, 3.8) is 0 Å². The number of carboxylic acid groups (broad SMARTS) is 1. The SMILES string of the molecule is O=C(O)c1ccc(CNC(=O)C2CCCC2)cc1. The van der Waals surface area contributed by atoms with Gasteiger partial charge < -0.3 is 10.4 Å². The molecule has 4 nitrogen and oxygen atoms in total. The molecule has 0 unspecified atom stereocenters. The third-order valence-electron chi connectivity index (χ3n) is 3.39. The standard InChI is InChI=1S/C14H17NO3/c16-13(11-3-1-2-4-11)15-9-10-5-7-12(8-6-10)14(17)18/h5-8,11H,1-4,9H2,(H,15,16)(H,17,18). The zero-order valence-electron chi connectivity index (χ0n) is 10.2. The molecule has 2 N–H and O–H groups in total. The maximum absolute atomic E-state index is 11.8. The first kappa shape index (κ1) is 12.6. The lowest BCUT2D eigenvalue weighted by Gasteiger charge is -2.10. The lowest BCUT2D eigenvalue weighted by Crippen LogP contribution is -2.28. The van der Waals surface area contributed by atoms with E-state index in [1.807, 2.05) is 0 Å². The lowest BCUT2D eigenvalue weighted by molar-refractivity contribution is -0.124. The van der Waals surface area contributed by atoms with Crippen molar-refractivity contribution in [2.24, 2.45) is 5.92 Å². The zero-order chi connectivity index (χ0) is 13.0. The Morgan fingerprint density at radius 1 is 1.17 bits per heavy atom. The molecule has 0 heterocycles. The molecule has 2 rings (SSSR count). The molecule has 0 atom stereocenters. The minimum Gasteiger partial charge on any atom is -0.478 e. The molecule has 1 aliphatic rings. The van der Waals surface area contributed by atoms with E-state index < -0.39 is 5.97 Å². The van der Waals surface area contributed by atoms with Crippen LogP contribution in [-0.2, 0) is 11.3 Å². The molecule has 1 amide bonds. The summed E-state index contributed by atoms with van der Waals surface area (Å²) in [5.74, 6) is -0.644. The zero-order valence-corrected chi connectivity index (χ0v) is 10.2. The Morgan fingerprint density at radius 2 is 1.78 bits per heavy atom. The molecule has 1 saturated carbocycles. The summed E-state index contributed by atoms with van der Waals surface area (Å²) in [5, 5.41) is 11.7. The Morgan fingerprint density at radius 3 is 2.33 bits per heavy atom. The van der Waals surface area contributed by atoms with E-state index in [4.69, 9.17) is 5.11 Å². The predicted molar refractivity (Wildman–Crippen MR) is 67.2 cm³/mol. The smallest absolute Gasteiger partial charge is 0.335 e. The highest BCUT2D eigenvalue weighted by atomic mass is 16.4. The van der Waals surface area contributed by atoms with Crippen molar-refractivity contribution in [1.82, 2.24) is 5.32 Å². The number of amides is 1. The van der Waals surface area contributed by atoms with Crippen molar-refractivity contribution >= 4 is 11.9 Å². The van der Waals surface area contributed by atoms with Gasteiger partial charge in [-0.3, -0.25) is 4.79 Å². The summed E-state index contributed by atoms with van der Waals surface area (Å²) in [6.07, 6.45) is 4.27. The van der Waals surface area contributed by atoms with Crippen LogP contribution in [0.25, 0.3) is 0 Å². The number of hydrogen-bond donors (Lipinski definition) is 2. The van der Waals surface area contributed by atoms with Gasteiger partial charge in [-0.25, -0.2) is 4.79 Å². The van der Waals surface area contributed by atoms with Crippen LogP contribution in [0.15, 0.2) is 24.3 Å². The van der Waals surface area contributed by atoms with Gasteiger partial charge in [0.25, 0.3) is 0 Å². The molecule has 0 saturated heterocycles. The minimum atomic E-state index is -0.934. The van der Waals surface area contributed by atoms with Crippen LogP contribution in [-0.4, -0.2) is 17.0 Å². The summed E-state index contributed by atoms with van der Waals surface area (Å²) in [5.41, 5.74) is 1.19. The molecule has 0 spiro atoms. The van der Waals surface area contributed by atoms with Crippen LogP contribution in [0.4, 0.5) is 0 Å². The summed E-state index contributed by atoms with van der Waals surface area (Å²) in [4.78, 5) is 22.5. The summed E-state index contributed by atoms with van der Waals surface area (Å²) < 4.78 is 0. The molecule has 1 aromatic carbocycles. The van der Waals surface area contributed by atoms with Crippen LogP contribution in [0, 0.1) is 5.92 Å². The predicted octanol–water partition coefficient (Wildman–Crippen LogP) is 2.19. The third kappa shape index (κ3) is 3.09. The van der Waals surface area contributed by atoms with Crippen LogP contribution in [0.3, 0.4) is 0 Å². The Hall–Kier alpha value is -1.84. The first-order chi connectivity index (χ1) is 8.66. The van der Waals surface area contributed by atoms with Gasteiger partial charge in [0.15, 0.2) is 0 Å². The lowest BCUT2D eigenvalue weighted by atomic mass is 10.1. The van der Waals surface area contributed by atoms with Crippen LogP contribution < -0.4 is 5.32 Å². The number of hydrogen-bond acceptors (Lipinski definition) is 2. The third-order valence-corrected chi connectivity index (χ3v) is 3.39. The highest BCUT2D eigenvalue weighted by Crippen LogP contribution is 2.24.